The molecule has 0 unspecified atom stereocenters. The molecule has 0 atom stereocenters. The van der Waals surface area contributed by atoms with E-state index in [1.807, 2.05) is 55.5 Å². The second-order valence-electron chi connectivity index (χ2n) is 5.02. The zero-order chi connectivity index (χ0) is 16.8. The molecule has 0 aliphatic carbocycles. The molecule has 1 heterocycles. The van der Waals surface area contributed by atoms with Crippen LogP contribution in [0.5, 0.6) is 0 Å². The summed E-state index contributed by atoms with van der Waals surface area (Å²) in [6, 6.07) is 20.0. The fourth-order valence-electron chi connectivity index (χ4n) is 2.26. The molecule has 2 N–H and O–H groups in total. The van der Waals surface area contributed by atoms with Gasteiger partial charge in [0.1, 0.15) is 6.07 Å². The molecule has 0 saturated carbocycles. The molecular formula is C18H16N6. The van der Waals surface area contributed by atoms with Crippen molar-refractivity contribution in [3.05, 3.63) is 60.4 Å². The summed E-state index contributed by atoms with van der Waals surface area (Å²) in [5.41, 5.74) is 3.05. The van der Waals surface area contributed by atoms with Crippen LogP contribution in [0.4, 0.5) is 17.6 Å². The molecule has 0 saturated heterocycles. The molecule has 0 bridgehead atoms. The second kappa shape index (κ2) is 7.20. The topological polar surface area (TPSA) is 86.5 Å². The Balaban J connectivity index is 1.89. The van der Waals surface area contributed by atoms with Gasteiger partial charge in [-0.25, -0.2) is 0 Å². The molecule has 118 valence electrons. The van der Waals surface area contributed by atoms with Crippen LogP contribution in [0.25, 0.3) is 11.1 Å². The molecule has 0 radical (unpaired) electrons. The van der Waals surface area contributed by atoms with E-state index in [1.165, 1.54) is 0 Å². The Hall–Kier alpha value is -3.46. The average Bonchev–Trinajstić information content (AvgIpc) is 2.63. The molecule has 0 aliphatic rings. The minimum Gasteiger partial charge on any atom is -0.354 e. The molecule has 3 rings (SSSR count). The number of rotatable bonds is 5. The Morgan fingerprint density at radius 2 is 1.67 bits per heavy atom. The van der Waals surface area contributed by atoms with Crippen LogP contribution in [-0.2, 0) is 0 Å². The van der Waals surface area contributed by atoms with Gasteiger partial charge in [-0.05, 0) is 30.2 Å². The Kier molecular flexibility index (Phi) is 4.63. The second-order valence-corrected chi connectivity index (χ2v) is 5.02. The number of benzene rings is 2. The molecule has 0 aliphatic heterocycles. The molecule has 0 amide bonds. The van der Waals surface area contributed by atoms with Gasteiger partial charge >= 0.3 is 0 Å². The van der Waals surface area contributed by atoms with Gasteiger partial charge in [0.05, 0.1) is 0 Å². The van der Waals surface area contributed by atoms with E-state index in [4.69, 9.17) is 5.26 Å². The Labute approximate surface area is 140 Å². The van der Waals surface area contributed by atoms with Crippen molar-refractivity contribution >= 4 is 17.6 Å². The normalized spacial score (nSPS) is 10.0. The van der Waals surface area contributed by atoms with Gasteiger partial charge < -0.3 is 10.6 Å². The van der Waals surface area contributed by atoms with Gasteiger partial charge in [0.2, 0.25) is 17.7 Å². The van der Waals surface area contributed by atoms with E-state index in [0.29, 0.717) is 18.4 Å². The standard InChI is InChI=1S/C18H16N6/c1-2-20-17-22-16(12-19)23-18(24-17)21-15-10-6-9-14(11-15)13-7-4-3-5-8-13/h3-11H,2H2,1H3,(H2,20,21,22,23,24). The molecule has 2 aromatic carbocycles. The van der Waals surface area contributed by atoms with Crippen LogP contribution >= 0.6 is 0 Å². The molecule has 6 heteroatoms. The Bertz CT molecular complexity index is 870. The Morgan fingerprint density at radius 1 is 0.917 bits per heavy atom. The van der Waals surface area contributed by atoms with E-state index in [1.54, 1.807) is 0 Å². The smallest absolute Gasteiger partial charge is 0.238 e. The van der Waals surface area contributed by atoms with Gasteiger partial charge in [-0.3, -0.25) is 0 Å². The number of hydrogen-bond donors (Lipinski definition) is 2. The van der Waals surface area contributed by atoms with Gasteiger partial charge in [-0.1, -0.05) is 42.5 Å². The first kappa shape index (κ1) is 15.4. The zero-order valence-corrected chi connectivity index (χ0v) is 13.2. The lowest BCUT2D eigenvalue weighted by molar-refractivity contribution is 1.000. The maximum atomic E-state index is 9.06. The third-order valence-electron chi connectivity index (χ3n) is 3.30. The SMILES string of the molecule is CCNc1nc(C#N)nc(Nc2cccc(-c3ccccc3)c2)n1. The van der Waals surface area contributed by atoms with E-state index in [2.05, 4.69) is 37.7 Å². The van der Waals surface area contributed by atoms with Crippen molar-refractivity contribution in [2.24, 2.45) is 0 Å². The zero-order valence-electron chi connectivity index (χ0n) is 13.2. The molecule has 0 fully saturated rings. The predicted molar refractivity (Wildman–Crippen MR) is 93.9 cm³/mol. The summed E-state index contributed by atoms with van der Waals surface area (Å²) >= 11 is 0. The monoisotopic (exact) mass is 316 g/mol. The van der Waals surface area contributed by atoms with E-state index in [9.17, 15) is 0 Å². The van der Waals surface area contributed by atoms with Gasteiger partial charge in [-0.15, -0.1) is 0 Å². The maximum Gasteiger partial charge on any atom is 0.238 e. The van der Waals surface area contributed by atoms with E-state index in [-0.39, 0.29) is 5.82 Å². The lowest BCUT2D eigenvalue weighted by Gasteiger charge is -2.09. The molecule has 3 aromatic rings. The Morgan fingerprint density at radius 3 is 2.42 bits per heavy atom. The number of anilines is 3. The van der Waals surface area contributed by atoms with Crippen molar-refractivity contribution in [3.8, 4) is 17.2 Å². The molecule has 1 aromatic heterocycles. The lowest BCUT2D eigenvalue weighted by Crippen LogP contribution is -2.08. The number of aromatic nitrogens is 3. The lowest BCUT2D eigenvalue weighted by atomic mass is 10.1. The number of nitrogens with zero attached hydrogens (tertiary/aromatic N) is 4. The average molecular weight is 316 g/mol. The minimum atomic E-state index is 0.0719. The van der Waals surface area contributed by atoms with Crippen LogP contribution in [0.15, 0.2) is 54.6 Å². The fourth-order valence-corrected chi connectivity index (χ4v) is 2.26. The maximum absolute atomic E-state index is 9.06. The van der Waals surface area contributed by atoms with Gasteiger partial charge in [0.15, 0.2) is 0 Å². The van der Waals surface area contributed by atoms with Gasteiger partial charge in [0, 0.05) is 12.2 Å². The summed E-state index contributed by atoms with van der Waals surface area (Å²) in [4.78, 5) is 12.4. The summed E-state index contributed by atoms with van der Waals surface area (Å²) in [7, 11) is 0. The number of hydrogen-bond acceptors (Lipinski definition) is 6. The summed E-state index contributed by atoms with van der Waals surface area (Å²) < 4.78 is 0. The van der Waals surface area contributed by atoms with Gasteiger partial charge in [0.25, 0.3) is 0 Å². The first-order valence-electron chi connectivity index (χ1n) is 7.61. The van der Waals surface area contributed by atoms with Gasteiger partial charge in [-0.2, -0.15) is 20.2 Å². The highest BCUT2D eigenvalue weighted by atomic mass is 15.2. The van der Waals surface area contributed by atoms with Crippen LogP contribution in [0, 0.1) is 11.3 Å². The van der Waals surface area contributed by atoms with Crippen LogP contribution in [0.2, 0.25) is 0 Å². The van der Waals surface area contributed by atoms with Crippen LogP contribution in [0.3, 0.4) is 0 Å². The van der Waals surface area contributed by atoms with Crippen molar-refractivity contribution < 1.29 is 0 Å². The predicted octanol–water partition coefficient (Wildman–Crippen LogP) is 3.59. The highest BCUT2D eigenvalue weighted by molar-refractivity contribution is 5.69. The first-order chi connectivity index (χ1) is 11.8. The van der Waals surface area contributed by atoms with Crippen molar-refractivity contribution in [2.75, 3.05) is 17.2 Å². The van der Waals surface area contributed by atoms with Crippen LogP contribution in [0.1, 0.15) is 12.7 Å². The van der Waals surface area contributed by atoms with Crippen LogP contribution in [-0.4, -0.2) is 21.5 Å². The highest BCUT2D eigenvalue weighted by Crippen LogP contribution is 2.23. The molecular weight excluding hydrogens is 300 g/mol. The van der Waals surface area contributed by atoms with Crippen LogP contribution < -0.4 is 10.6 Å². The van der Waals surface area contributed by atoms with E-state index >= 15 is 0 Å². The summed E-state index contributed by atoms with van der Waals surface area (Å²) in [5.74, 6) is 0.788. The minimum absolute atomic E-state index is 0.0719. The fraction of sp³-hybridized carbons (Fsp3) is 0.111. The quantitative estimate of drug-likeness (QED) is 0.748. The van der Waals surface area contributed by atoms with Crippen molar-refractivity contribution in [1.29, 1.82) is 5.26 Å². The van der Waals surface area contributed by atoms with Crippen molar-refractivity contribution in [2.45, 2.75) is 6.92 Å². The summed E-state index contributed by atoms with van der Waals surface area (Å²) in [5, 5.41) is 15.2. The third kappa shape index (κ3) is 3.65. The highest BCUT2D eigenvalue weighted by Gasteiger charge is 2.06. The third-order valence-corrected chi connectivity index (χ3v) is 3.30. The molecule has 24 heavy (non-hydrogen) atoms. The number of nitrogens with one attached hydrogen (secondary N) is 2. The summed E-state index contributed by atoms with van der Waals surface area (Å²) in [6.07, 6.45) is 0. The van der Waals surface area contributed by atoms with E-state index < -0.39 is 0 Å². The van der Waals surface area contributed by atoms with Crippen molar-refractivity contribution in [3.63, 3.8) is 0 Å². The molecule has 0 spiro atoms. The molecule has 6 nitrogen and oxygen atoms in total. The summed E-state index contributed by atoms with van der Waals surface area (Å²) in [6.45, 7) is 2.60. The largest absolute Gasteiger partial charge is 0.354 e. The number of nitriles is 1. The first-order valence-corrected chi connectivity index (χ1v) is 7.61. The van der Waals surface area contributed by atoms with E-state index in [0.717, 1.165) is 16.8 Å². The van der Waals surface area contributed by atoms with Crippen molar-refractivity contribution in [1.82, 2.24) is 15.0 Å².